The summed E-state index contributed by atoms with van der Waals surface area (Å²) in [7, 11) is 1.73. The lowest BCUT2D eigenvalue weighted by molar-refractivity contribution is -0.131. The van der Waals surface area contributed by atoms with Gasteiger partial charge in [-0.3, -0.25) is 4.79 Å². The predicted molar refractivity (Wildman–Crippen MR) is 76.4 cm³/mol. The zero-order valence-corrected chi connectivity index (χ0v) is 12.0. The molecule has 0 spiro atoms. The summed E-state index contributed by atoms with van der Waals surface area (Å²) in [5.41, 5.74) is 1.15. The summed E-state index contributed by atoms with van der Waals surface area (Å²) in [6, 6.07) is 11.8. The number of carbonyl (C=O) groups is 1. The van der Waals surface area contributed by atoms with Crippen molar-refractivity contribution in [2.45, 2.75) is 39.2 Å². The van der Waals surface area contributed by atoms with E-state index in [9.17, 15) is 4.79 Å². The highest BCUT2D eigenvalue weighted by Gasteiger charge is 2.20. The first kappa shape index (κ1) is 15.2. The van der Waals surface area contributed by atoms with Crippen LogP contribution < -0.4 is 0 Å². The number of benzene rings is 1. The Kier molecular flexibility index (Phi) is 6.08. The third-order valence-corrected chi connectivity index (χ3v) is 3.17. The Morgan fingerprint density at radius 1 is 1.32 bits per heavy atom. The monoisotopic (exact) mass is 258 g/mol. The average molecular weight is 258 g/mol. The highest BCUT2D eigenvalue weighted by molar-refractivity contribution is 5.76. The number of rotatable bonds is 6. The molecule has 0 bridgehead atoms. The quantitative estimate of drug-likeness (QED) is 0.787. The first-order chi connectivity index (χ1) is 9.04. The van der Waals surface area contributed by atoms with E-state index < -0.39 is 0 Å². The van der Waals surface area contributed by atoms with E-state index in [0.29, 0.717) is 12.3 Å². The van der Waals surface area contributed by atoms with Gasteiger partial charge in [0.2, 0.25) is 5.91 Å². The van der Waals surface area contributed by atoms with Gasteiger partial charge in [0.1, 0.15) is 6.04 Å². The highest BCUT2D eigenvalue weighted by atomic mass is 16.2. The number of hydrogen-bond acceptors (Lipinski definition) is 2. The van der Waals surface area contributed by atoms with Gasteiger partial charge in [0.25, 0.3) is 0 Å². The Bertz CT molecular complexity index is 434. The molecule has 0 heterocycles. The second-order valence-corrected chi connectivity index (χ2v) is 5.26. The van der Waals surface area contributed by atoms with Gasteiger partial charge in [-0.25, -0.2) is 0 Å². The van der Waals surface area contributed by atoms with Crippen LogP contribution in [0.2, 0.25) is 0 Å². The Labute approximate surface area is 115 Å². The fourth-order valence-electron chi connectivity index (χ4n) is 1.99. The van der Waals surface area contributed by atoms with Gasteiger partial charge in [0, 0.05) is 13.5 Å². The van der Waals surface area contributed by atoms with Gasteiger partial charge in [-0.1, -0.05) is 44.2 Å². The number of aryl methyl sites for hydroxylation is 1. The topological polar surface area (TPSA) is 44.1 Å². The lowest BCUT2D eigenvalue weighted by Crippen LogP contribution is -2.37. The van der Waals surface area contributed by atoms with E-state index in [1.807, 2.05) is 30.3 Å². The van der Waals surface area contributed by atoms with E-state index in [1.54, 1.807) is 11.9 Å². The molecule has 102 valence electrons. The van der Waals surface area contributed by atoms with Crippen LogP contribution in [-0.2, 0) is 11.2 Å². The average Bonchev–Trinajstić information content (AvgIpc) is 2.42. The van der Waals surface area contributed by atoms with Crippen molar-refractivity contribution in [2.75, 3.05) is 7.05 Å². The minimum Gasteiger partial charge on any atom is -0.330 e. The van der Waals surface area contributed by atoms with E-state index in [4.69, 9.17) is 5.26 Å². The van der Waals surface area contributed by atoms with Crippen LogP contribution in [0.3, 0.4) is 0 Å². The molecule has 0 fully saturated rings. The number of carbonyl (C=O) groups excluding carboxylic acids is 1. The first-order valence-electron chi connectivity index (χ1n) is 6.73. The zero-order chi connectivity index (χ0) is 14.3. The fourth-order valence-corrected chi connectivity index (χ4v) is 1.99. The van der Waals surface area contributed by atoms with E-state index in [1.165, 1.54) is 0 Å². The maximum Gasteiger partial charge on any atom is 0.223 e. The minimum absolute atomic E-state index is 0.0380. The molecule has 3 heteroatoms. The Balaban J connectivity index is 2.50. The van der Waals surface area contributed by atoms with E-state index in [0.717, 1.165) is 18.4 Å². The lowest BCUT2D eigenvalue weighted by atomic mass is 10.0. The molecular formula is C16H22N2O. The molecule has 0 saturated carbocycles. The van der Waals surface area contributed by atoms with Crippen molar-refractivity contribution < 1.29 is 4.79 Å². The summed E-state index contributed by atoms with van der Waals surface area (Å²) in [6.07, 6.45) is 1.91. The minimum atomic E-state index is -0.316. The Morgan fingerprint density at radius 2 is 1.95 bits per heavy atom. The molecule has 1 unspecified atom stereocenters. The molecule has 1 rings (SSSR count). The van der Waals surface area contributed by atoms with Crippen molar-refractivity contribution in [1.82, 2.24) is 4.90 Å². The molecule has 0 aromatic heterocycles. The predicted octanol–water partition coefficient (Wildman–Crippen LogP) is 3.02. The van der Waals surface area contributed by atoms with Gasteiger partial charge in [-0.05, 0) is 24.3 Å². The normalized spacial score (nSPS) is 11.9. The van der Waals surface area contributed by atoms with E-state index >= 15 is 0 Å². The van der Waals surface area contributed by atoms with Crippen LogP contribution in [0.15, 0.2) is 30.3 Å². The Hall–Kier alpha value is -1.82. The molecule has 0 radical (unpaired) electrons. The van der Waals surface area contributed by atoms with Crippen molar-refractivity contribution in [3.05, 3.63) is 35.9 Å². The van der Waals surface area contributed by atoms with Crippen LogP contribution >= 0.6 is 0 Å². The second-order valence-electron chi connectivity index (χ2n) is 5.26. The molecule has 1 aromatic carbocycles. The van der Waals surface area contributed by atoms with Gasteiger partial charge in [0.05, 0.1) is 6.07 Å². The van der Waals surface area contributed by atoms with E-state index in [-0.39, 0.29) is 11.9 Å². The van der Waals surface area contributed by atoms with Gasteiger partial charge < -0.3 is 4.90 Å². The van der Waals surface area contributed by atoms with Crippen molar-refractivity contribution >= 4 is 5.91 Å². The van der Waals surface area contributed by atoms with Gasteiger partial charge in [-0.15, -0.1) is 0 Å². The van der Waals surface area contributed by atoms with Crippen LogP contribution in [0, 0.1) is 17.2 Å². The maximum absolute atomic E-state index is 12.1. The van der Waals surface area contributed by atoms with Gasteiger partial charge in [0.15, 0.2) is 0 Å². The summed E-state index contributed by atoms with van der Waals surface area (Å²) in [5.74, 6) is 0.449. The molecule has 0 aliphatic rings. The highest BCUT2D eigenvalue weighted by Crippen LogP contribution is 2.12. The molecule has 3 nitrogen and oxygen atoms in total. The molecule has 1 atom stereocenters. The standard InChI is InChI=1S/C16H22N2O/c1-13(2)11-15(12-17)18(3)16(19)10-9-14-7-5-4-6-8-14/h4-8,13,15H,9-11H2,1-3H3. The van der Waals surface area contributed by atoms with Crippen LogP contribution in [-0.4, -0.2) is 23.9 Å². The van der Waals surface area contributed by atoms with Crippen LogP contribution in [0.5, 0.6) is 0 Å². The summed E-state index contributed by atoms with van der Waals surface area (Å²) in [5, 5.41) is 9.14. The number of amides is 1. The van der Waals surface area contributed by atoms with Crippen molar-refractivity contribution in [3.8, 4) is 6.07 Å². The van der Waals surface area contributed by atoms with Crippen LogP contribution in [0.1, 0.15) is 32.3 Å². The summed E-state index contributed by atoms with van der Waals surface area (Å²) >= 11 is 0. The molecule has 1 aromatic rings. The molecule has 0 N–H and O–H groups in total. The Morgan fingerprint density at radius 3 is 2.47 bits per heavy atom. The van der Waals surface area contributed by atoms with Crippen molar-refractivity contribution in [3.63, 3.8) is 0 Å². The molecular weight excluding hydrogens is 236 g/mol. The third-order valence-electron chi connectivity index (χ3n) is 3.17. The maximum atomic E-state index is 12.1. The van der Waals surface area contributed by atoms with Crippen LogP contribution in [0.25, 0.3) is 0 Å². The molecule has 1 amide bonds. The number of nitriles is 1. The first-order valence-corrected chi connectivity index (χ1v) is 6.73. The smallest absolute Gasteiger partial charge is 0.223 e. The molecule has 0 aliphatic heterocycles. The van der Waals surface area contributed by atoms with Gasteiger partial charge in [-0.2, -0.15) is 5.26 Å². The second kappa shape index (κ2) is 7.58. The zero-order valence-electron chi connectivity index (χ0n) is 12.0. The van der Waals surface area contributed by atoms with Crippen molar-refractivity contribution in [1.29, 1.82) is 5.26 Å². The largest absolute Gasteiger partial charge is 0.330 e. The third kappa shape index (κ3) is 5.13. The van der Waals surface area contributed by atoms with Gasteiger partial charge >= 0.3 is 0 Å². The summed E-state index contributed by atoms with van der Waals surface area (Å²) < 4.78 is 0. The summed E-state index contributed by atoms with van der Waals surface area (Å²) in [6.45, 7) is 4.12. The van der Waals surface area contributed by atoms with Crippen LogP contribution in [0.4, 0.5) is 0 Å². The molecule has 0 saturated heterocycles. The fraction of sp³-hybridized carbons (Fsp3) is 0.500. The van der Waals surface area contributed by atoms with E-state index in [2.05, 4.69) is 19.9 Å². The van der Waals surface area contributed by atoms with Crippen molar-refractivity contribution in [2.24, 2.45) is 5.92 Å². The summed E-state index contributed by atoms with van der Waals surface area (Å²) in [4.78, 5) is 13.7. The molecule has 0 aliphatic carbocycles. The lowest BCUT2D eigenvalue weighted by Gasteiger charge is -2.24. The SMILES string of the molecule is CC(C)CC(C#N)N(C)C(=O)CCc1ccccc1. The number of nitrogens with zero attached hydrogens (tertiary/aromatic N) is 2. The number of hydrogen-bond donors (Lipinski definition) is 0. The molecule has 19 heavy (non-hydrogen) atoms.